The van der Waals surface area contributed by atoms with Crippen molar-refractivity contribution >= 4 is 5.69 Å². The highest BCUT2D eigenvalue weighted by Gasteiger charge is 2.33. The Hall–Kier alpha value is -1.13. The van der Waals surface area contributed by atoms with Gasteiger partial charge in [-0.15, -0.1) is 0 Å². The molecule has 0 aromatic heterocycles. The molecule has 1 aromatic rings. The van der Waals surface area contributed by atoms with Crippen LogP contribution in [0.5, 0.6) is 0 Å². The van der Waals surface area contributed by atoms with Crippen LogP contribution in [0.1, 0.15) is 31.9 Å². The molecule has 2 N–H and O–H groups in total. The Morgan fingerprint density at radius 2 is 2.26 bits per heavy atom. The smallest absolute Gasteiger partial charge is 0.146 e. The van der Waals surface area contributed by atoms with Gasteiger partial charge in [0.1, 0.15) is 5.82 Å². The van der Waals surface area contributed by atoms with Crippen LogP contribution in [0, 0.1) is 11.7 Å². The molecule has 1 fully saturated rings. The Morgan fingerprint density at radius 1 is 1.53 bits per heavy atom. The number of halogens is 1. The monoisotopic (exact) mass is 266 g/mol. The molecule has 3 nitrogen and oxygen atoms in total. The number of para-hydroxylation sites is 1. The number of anilines is 1. The molecule has 4 heteroatoms. The maximum Gasteiger partial charge on any atom is 0.146 e. The Kier molecular flexibility index (Phi) is 4.42. The molecule has 2 rings (SSSR count). The Labute approximate surface area is 114 Å². The summed E-state index contributed by atoms with van der Waals surface area (Å²) in [5, 5.41) is 12.7. The van der Waals surface area contributed by atoms with Crippen molar-refractivity contribution in [1.82, 2.24) is 5.32 Å². The zero-order chi connectivity index (χ0) is 14.0. The van der Waals surface area contributed by atoms with Crippen molar-refractivity contribution in [2.24, 2.45) is 5.92 Å². The topological polar surface area (TPSA) is 35.5 Å². The fraction of sp³-hybridized carbons (Fsp3) is 0.600. The summed E-state index contributed by atoms with van der Waals surface area (Å²) in [5.74, 6) is 0.189. The molecular formula is C15H23FN2O. The predicted octanol–water partition coefficient (Wildman–Crippen LogP) is 2.31. The van der Waals surface area contributed by atoms with Crippen LogP contribution in [0.15, 0.2) is 18.2 Å². The van der Waals surface area contributed by atoms with Crippen LogP contribution in [-0.2, 0) is 0 Å². The van der Waals surface area contributed by atoms with E-state index in [-0.39, 0.29) is 24.5 Å². The second kappa shape index (κ2) is 5.88. The van der Waals surface area contributed by atoms with E-state index < -0.39 is 0 Å². The van der Waals surface area contributed by atoms with E-state index in [0.717, 1.165) is 18.5 Å². The summed E-state index contributed by atoms with van der Waals surface area (Å²) in [6.45, 7) is 5.01. The van der Waals surface area contributed by atoms with Crippen LogP contribution in [-0.4, -0.2) is 31.3 Å². The van der Waals surface area contributed by atoms with Gasteiger partial charge in [-0.05, 0) is 37.9 Å². The molecule has 19 heavy (non-hydrogen) atoms. The average molecular weight is 266 g/mol. The largest absolute Gasteiger partial charge is 0.394 e. The first-order chi connectivity index (χ1) is 9.10. The molecule has 3 unspecified atom stereocenters. The predicted molar refractivity (Wildman–Crippen MR) is 75.9 cm³/mol. The third-order valence-electron chi connectivity index (χ3n) is 4.27. The third-order valence-corrected chi connectivity index (χ3v) is 4.27. The summed E-state index contributed by atoms with van der Waals surface area (Å²) in [6.07, 6.45) is 0.993. The van der Waals surface area contributed by atoms with Crippen LogP contribution in [0.2, 0.25) is 0 Å². The van der Waals surface area contributed by atoms with Gasteiger partial charge in [-0.3, -0.25) is 0 Å². The van der Waals surface area contributed by atoms with Crippen molar-refractivity contribution in [3.8, 4) is 0 Å². The summed E-state index contributed by atoms with van der Waals surface area (Å²) in [5.41, 5.74) is 1.60. The van der Waals surface area contributed by atoms with E-state index in [2.05, 4.69) is 12.2 Å². The fourth-order valence-corrected chi connectivity index (χ4v) is 2.90. The van der Waals surface area contributed by atoms with Crippen molar-refractivity contribution in [3.05, 3.63) is 29.6 Å². The maximum absolute atomic E-state index is 14.3. The molecule has 0 amide bonds. The minimum Gasteiger partial charge on any atom is -0.394 e. The van der Waals surface area contributed by atoms with Crippen LogP contribution < -0.4 is 10.2 Å². The van der Waals surface area contributed by atoms with Gasteiger partial charge in [0.25, 0.3) is 0 Å². The number of nitrogens with zero attached hydrogens (tertiary/aromatic N) is 1. The quantitative estimate of drug-likeness (QED) is 0.878. The lowest BCUT2D eigenvalue weighted by Crippen LogP contribution is -2.37. The highest BCUT2D eigenvalue weighted by Crippen LogP contribution is 2.36. The zero-order valence-electron chi connectivity index (χ0n) is 11.9. The molecule has 0 radical (unpaired) electrons. The zero-order valence-corrected chi connectivity index (χ0v) is 11.9. The van der Waals surface area contributed by atoms with Crippen molar-refractivity contribution < 1.29 is 9.50 Å². The number of benzene rings is 1. The fourth-order valence-electron chi connectivity index (χ4n) is 2.90. The standard InChI is InChI=1S/C15H23FN2O/c1-10-7-8-18(14(10)9-19)15-12(11(2)17-3)5-4-6-13(15)16/h4-6,10-11,14,17,19H,7-9H2,1-3H3. The molecule has 0 aliphatic carbocycles. The molecule has 1 saturated heterocycles. The van der Waals surface area contributed by atoms with Crippen LogP contribution >= 0.6 is 0 Å². The second-order valence-electron chi connectivity index (χ2n) is 5.40. The number of aliphatic hydroxyl groups excluding tert-OH is 1. The van der Waals surface area contributed by atoms with Crippen molar-refractivity contribution in [3.63, 3.8) is 0 Å². The van der Waals surface area contributed by atoms with E-state index in [4.69, 9.17) is 0 Å². The number of rotatable bonds is 4. The molecule has 1 aliphatic rings. The van der Waals surface area contributed by atoms with Gasteiger partial charge in [0.15, 0.2) is 0 Å². The number of hydrogen-bond donors (Lipinski definition) is 2. The summed E-state index contributed by atoms with van der Waals surface area (Å²) >= 11 is 0. The highest BCUT2D eigenvalue weighted by atomic mass is 19.1. The molecular weight excluding hydrogens is 243 g/mol. The summed E-state index contributed by atoms with van der Waals surface area (Å²) < 4.78 is 14.3. The average Bonchev–Trinajstić information content (AvgIpc) is 2.78. The first kappa shape index (κ1) is 14.3. The SMILES string of the molecule is CNC(C)c1cccc(F)c1N1CCC(C)C1CO. The van der Waals surface area contributed by atoms with Gasteiger partial charge >= 0.3 is 0 Å². The van der Waals surface area contributed by atoms with Crippen molar-refractivity contribution in [2.75, 3.05) is 25.1 Å². The van der Waals surface area contributed by atoms with Gasteiger partial charge in [-0.25, -0.2) is 4.39 Å². The molecule has 0 spiro atoms. The van der Waals surface area contributed by atoms with Crippen LogP contribution in [0.3, 0.4) is 0 Å². The summed E-state index contributed by atoms with van der Waals surface area (Å²) in [4.78, 5) is 2.03. The highest BCUT2D eigenvalue weighted by molar-refractivity contribution is 5.57. The Bertz CT molecular complexity index is 438. The van der Waals surface area contributed by atoms with Crippen LogP contribution in [0.25, 0.3) is 0 Å². The lowest BCUT2D eigenvalue weighted by Gasteiger charge is -2.31. The lowest BCUT2D eigenvalue weighted by atomic mass is 10.0. The molecule has 0 bridgehead atoms. The summed E-state index contributed by atoms with van der Waals surface area (Å²) in [7, 11) is 1.87. The Morgan fingerprint density at radius 3 is 2.89 bits per heavy atom. The maximum atomic E-state index is 14.3. The molecule has 1 heterocycles. The minimum atomic E-state index is -0.202. The molecule has 1 aromatic carbocycles. The normalized spacial score (nSPS) is 24.8. The number of hydrogen-bond acceptors (Lipinski definition) is 3. The van der Waals surface area contributed by atoms with E-state index >= 15 is 0 Å². The van der Waals surface area contributed by atoms with Gasteiger partial charge < -0.3 is 15.3 Å². The van der Waals surface area contributed by atoms with Gasteiger partial charge in [0.2, 0.25) is 0 Å². The van der Waals surface area contributed by atoms with Gasteiger partial charge in [-0.2, -0.15) is 0 Å². The molecule has 0 saturated carbocycles. The van der Waals surface area contributed by atoms with Crippen molar-refractivity contribution in [2.45, 2.75) is 32.4 Å². The minimum absolute atomic E-state index is 0.0136. The Balaban J connectivity index is 2.43. The number of aliphatic hydroxyl groups is 1. The molecule has 106 valence electrons. The van der Waals surface area contributed by atoms with Gasteiger partial charge in [0.05, 0.1) is 18.3 Å². The number of nitrogens with one attached hydrogen (secondary N) is 1. The van der Waals surface area contributed by atoms with Crippen LogP contribution in [0.4, 0.5) is 10.1 Å². The molecule has 1 aliphatic heterocycles. The third kappa shape index (κ3) is 2.60. The summed E-state index contributed by atoms with van der Waals surface area (Å²) in [6, 6.07) is 5.30. The second-order valence-corrected chi connectivity index (χ2v) is 5.40. The molecule has 3 atom stereocenters. The van der Waals surface area contributed by atoms with E-state index in [0.29, 0.717) is 11.6 Å². The van der Waals surface area contributed by atoms with E-state index in [1.165, 1.54) is 6.07 Å². The van der Waals surface area contributed by atoms with Gasteiger partial charge in [0, 0.05) is 12.6 Å². The lowest BCUT2D eigenvalue weighted by molar-refractivity contribution is 0.244. The van der Waals surface area contributed by atoms with E-state index in [9.17, 15) is 9.50 Å². The first-order valence-electron chi connectivity index (χ1n) is 6.93. The van der Waals surface area contributed by atoms with E-state index in [1.807, 2.05) is 24.9 Å². The van der Waals surface area contributed by atoms with E-state index in [1.54, 1.807) is 6.07 Å². The van der Waals surface area contributed by atoms with Gasteiger partial charge in [-0.1, -0.05) is 19.1 Å². The van der Waals surface area contributed by atoms with Crippen molar-refractivity contribution in [1.29, 1.82) is 0 Å². The first-order valence-corrected chi connectivity index (χ1v) is 6.93.